The highest BCUT2D eigenvalue weighted by molar-refractivity contribution is 7.99. The van der Waals surface area contributed by atoms with Crippen LogP contribution in [-0.2, 0) is 16.1 Å². The van der Waals surface area contributed by atoms with E-state index in [0.29, 0.717) is 13.0 Å². The lowest BCUT2D eigenvalue weighted by Gasteiger charge is -2.22. The Balaban J connectivity index is 1.68. The molecule has 0 fully saturated rings. The number of benzene rings is 1. The number of fused-ring (bicyclic) bond motifs is 1. The summed E-state index contributed by atoms with van der Waals surface area (Å²) in [6.45, 7) is 0.446. The molecular formula is C17H17N3O2S. The number of hydrogen-bond donors (Lipinski definition) is 1. The molecule has 118 valence electrons. The van der Waals surface area contributed by atoms with E-state index in [1.807, 2.05) is 36.4 Å². The minimum atomic E-state index is -0.177. The molecule has 6 heteroatoms. The Bertz CT molecular complexity index is 706. The molecule has 0 radical (unpaired) electrons. The number of anilines is 1. The first-order chi connectivity index (χ1) is 11.2. The van der Waals surface area contributed by atoms with Crippen LogP contribution in [-0.4, -0.2) is 29.1 Å². The molecule has 0 unspecified atom stereocenters. The molecule has 0 aliphatic carbocycles. The summed E-state index contributed by atoms with van der Waals surface area (Å²) in [4.78, 5) is 31.2. The largest absolute Gasteiger partial charge is 0.350 e. The highest BCUT2D eigenvalue weighted by Crippen LogP contribution is 2.33. The van der Waals surface area contributed by atoms with Gasteiger partial charge in [0.05, 0.1) is 5.69 Å². The van der Waals surface area contributed by atoms with Gasteiger partial charge in [-0.25, -0.2) is 0 Å². The zero-order valence-corrected chi connectivity index (χ0v) is 13.4. The van der Waals surface area contributed by atoms with Gasteiger partial charge < -0.3 is 10.2 Å². The maximum atomic E-state index is 12.3. The zero-order valence-electron chi connectivity index (χ0n) is 12.6. The van der Waals surface area contributed by atoms with E-state index < -0.39 is 0 Å². The number of para-hydroxylation sites is 1. The van der Waals surface area contributed by atoms with E-state index in [4.69, 9.17) is 0 Å². The molecule has 1 aromatic heterocycles. The second-order valence-corrected chi connectivity index (χ2v) is 6.32. The summed E-state index contributed by atoms with van der Waals surface area (Å²) < 4.78 is 0. The Hall–Kier alpha value is -2.34. The molecule has 0 spiro atoms. The first kappa shape index (κ1) is 15.6. The van der Waals surface area contributed by atoms with Crippen molar-refractivity contribution in [2.24, 2.45) is 0 Å². The van der Waals surface area contributed by atoms with Gasteiger partial charge in [0.2, 0.25) is 11.8 Å². The van der Waals surface area contributed by atoms with Crippen molar-refractivity contribution in [1.29, 1.82) is 0 Å². The van der Waals surface area contributed by atoms with Gasteiger partial charge in [-0.1, -0.05) is 18.2 Å². The van der Waals surface area contributed by atoms with Crippen molar-refractivity contribution in [3.63, 3.8) is 0 Å². The fraction of sp³-hybridized carbons (Fsp3) is 0.235. The average Bonchev–Trinajstić information content (AvgIpc) is 2.74. The summed E-state index contributed by atoms with van der Waals surface area (Å²) in [5.41, 5.74) is 1.75. The van der Waals surface area contributed by atoms with Crippen molar-refractivity contribution in [2.75, 3.05) is 17.2 Å². The molecule has 2 heterocycles. The minimum absolute atomic E-state index is 0.0148. The number of rotatable bonds is 4. The lowest BCUT2D eigenvalue weighted by molar-refractivity contribution is -0.123. The molecular weight excluding hydrogens is 310 g/mol. The van der Waals surface area contributed by atoms with Crippen LogP contribution in [0.15, 0.2) is 53.7 Å². The van der Waals surface area contributed by atoms with Crippen LogP contribution in [0.4, 0.5) is 5.69 Å². The molecule has 1 aromatic carbocycles. The van der Waals surface area contributed by atoms with E-state index >= 15 is 0 Å². The molecule has 2 aromatic rings. The van der Waals surface area contributed by atoms with Crippen molar-refractivity contribution in [1.82, 2.24) is 10.3 Å². The highest BCUT2D eigenvalue weighted by Gasteiger charge is 2.24. The molecule has 23 heavy (non-hydrogen) atoms. The molecule has 0 saturated carbocycles. The first-order valence-electron chi connectivity index (χ1n) is 7.42. The van der Waals surface area contributed by atoms with Crippen LogP contribution >= 0.6 is 11.8 Å². The SMILES string of the molecule is O=C(CN1C(=O)CCSc2ccccc21)NCc1cccnc1. The first-order valence-corrected chi connectivity index (χ1v) is 8.40. The van der Waals surface area contributed by atoms with Gasteiger partial charge in [-0.15, -0.1) is 11.8 Å². The lowest BCUT2D eigenvalue weighted by Crippen LogP contribution is -2.40. The lowest BCUT2D eigenvalue weighted by atomic mass is 10.2. The maximum absolute atomic E-state index is 12.3. The monoisotopic (exact) mass is 327 g/mol. The van der Waals surface area contributed by atoms with Gasteiger partial charge in [0.1, 0.15) is 6.54 Å². The van der Waals surface area contributed by atoms with Crippen molar-refractivity contribution >= 4 is 29.3 Å². The summed E-state index contributed by atoms with van der Waals surface area (Å²) in [6, 6.07) is 11.4. The van der Waals surface area contributed by atoms with Crippen LogP contribution in [0.2, 0.25) is 0 Å². The van der Waals surface area contributed by atoms with Crippen LogP contribution in [0.5, 0.6) is 0 Å². The summed E-state index contributed by atoms with van der Waals surface area (Å²) in [5.74, 6) is 0.548. The Morgan fingerprint density at radius 3 is 2.96 bits per heavy atom. The van der Waals surface area contributed by atoms with Gasteiger partial charge in [0, 0.05) is 36.0 Å². The predicted octanol–water partition coefficient (Wildman–Crippen LogP) is 2.23. The number of amides is 2. The number of carbonyl (C=O) groups is 2. The number of pyridine rings is 1. The van der Waals surface area contributed by atoms with E-state index in [9.17, 15) is 9.59 Å². The summed E-state index contributed by atoms with van der Waals surface area (Å²) >= 11 is 1.65. The number of aromatic nitrogens is 1. The van der Waals surface area contributed by atoms with E-state index in [2.05, 4.69) is 10.3 Å². The van der Waals surface area contributed by atoms with Crippen LogP contribution < -0.4 is 10.2 Å². The van der Waals surface area contributed by atoms with E-state index in [-0.39, 0.29) is 18.4 Å². The van der Waals surface area contributed by atoms with Crippen LogP contribution in [0, 0.1) is 0 Å². The van der Waals surface area contributed by atoms with Gasteiger partial charge in [-0.2, -0.15) is 0 Å². The number of hydrogen-bond acceptors (Lipinski definition) is 4. The van der Waals surface area contributed by atoms with E-state index in [1.165, 1.54) is 0 Å². The smallest absolute Gasteiger partial charge is 0.240 e. The number of nitrogens with zero attached hydrogens (tertiary/aromatic N) is 2. The summed E-state index contributed by atoms with van der Waals surface area (Å²) in [5, 5.41) is 2.84. The second kappa shape index (κ2) is 7.28. The van der Waals surface area contributed by atoms with Crippen molar-refractivity contribution in [3.8, 4) is 0 Å². The predicted molar refractivity (Wildman–Crippen MR) is 90.2 cm³/mol. The van der Waals surface area contributed by atoms with Gasteiger partial charge in [-0.05, 0) is 23.8 Å². The molecule has 2 amide bonds. The third-order valence-corrected chi connectivity index (χ3v) is 4.61. The average molecular weight is 327 g/mol. The second-order valence-electron chi connectivity index (χ2n) is 5.18. The molecule has 0 bridgehead atoms. The van der Waals surface area contributed by atoms with E-state index in [0.717, 1.165) is 21.9 Å². The van der Waals surface area contributed by atoms with Gasteiger partial charge in [0.15, 0.2) is 0 Å². The minimum Gasteiger partial charge on any atom is -0.350 e. The Morgan fingerprint density at radius 2 is 2.13 bits per heavy atom. The van der Waals surface area contributed by atoms with Gasteiger partial charge >= 0.3 is 0 Å². The quantitative estimate of drug-likeness (QED) is 0.935. The van der Waals surface area contributed by atoms with Crippen LogP contribution in [0.25, 0.3) is 0 Å². The standard InChI is InChI=1S/C17H17N3O2S/c21-16(19-11-13-4-3-8-18-10-13)12-20-14-5-1-2-6-15(14)23-9-7-17(20)22/h1-6,8,10H,7,9,11-12H2,(H,19,21). The number of thioether (sulfide) groups is 1. The Morgan fingerprint density at radius 1 is 1.26 bits per heavy atom. The molecule has 1 N–H and O–H groups in total. The summed E-state index contributed by atoms with van der Waals surface area (Å²) in [6.07, 6.45) is 3.84. The van der Waals surface area contributed by atoms with Crippen molar-refractivity contribution in [2.45, 2.75) is 17.9 Å². The normalized spacial score (nSPS) is 14.1. The number of nitrogens with one attached hydrogen (secondary N) is 1. The molecule has 1 aliphatic heterocycles. The maximum Gasteiger partial charge on any atom is 0.240 e. The van der Waals surface area contributed by atoms with Crippen LogP contribution in [0.1, 0.15) is 12.0 Å². The fourth-order valence-electron chi connectivity index (χ4n) is 2.40. The van der Waals surface area contributed by atoms with E-state index in [1.54, 1.807) is 29.1 Å². The third kappa shape index (κ3) is 3.90. The summed E-state index contributed by atoms with van der Waals surface area (Å²) in [7, 11) is 0. The molecule has 0 saturated heterocycles. The topological polar surface area (TPSA) is 62.3 Å². The number of carbonyl (C=O) groups excluding carboxylic acids is 2. The zero-order chi connectivity index (χ0) is 16.1. The van der Waals surface area contributed by atoms with Gasteiger partial charge in [-0.3, -0.25) is 14.6 Å². The molecule has 5 nitrogen and oxygen atoms in total. The Kier molecular flexibility index (Phi) is 4.92. The fourth-order valence-corrected chi connectivity index (χ4v) is 3.39. The molecule has 1 aliphatic rings. The molecule has 0 atom stereocenters. The van der Waals surface area contributed by atoms with Crippen molar-refractivity contribution in [3.05, 3.63) is 54.4 Å². The van der Waals surface area contributed by atoms with Crippen molar-refractivity contribution < 1.29 is 9.59 Å². The highest BCUT2D eigenvalue weighted by atomic mass is 32.2. The third-order valence-electron chi connectivity index (χ3n) is 3.54. The Labute approximate surface area is 139 Å². The van der Waals surface area contributed by atoms with Crippen LogP contribution in [0.3, 0.4) is 0 Å². The van der Waals surface area contributed by atoms with Gasteiger partial charge in [0.25, 0.3) is 0 Å². The molecule has 3 rings (SSSR count).